The normalized spacial score (nSPS) is 10.2. The van der Waals surface area contributed by atoms with Gasteiger partial charge in [-0.25, -0.2) is 0 Å². The topological polar surface area (TPSA) is 20.2 Å². The molecule has 1 aromatic rings. The van der Waals surface area contributed by atoms with Gasteiger partial charge in [0.05, 0.1) is 0 Å². The fraction of sp³-hybridized carbons (Fsp3) is 0. The van der Waals surface area contributed by atoms with E-state index < -0.39 is 13.9 Å². The number of thiol groups is 1. The van der Waals surface area contributed by atoms with Crippen LogP contribution in [0.25, 0.3) is 0 Å². The van der Waals surface area contributed by atoms with Gasteiger partial charge in [0.25, 0.3) is 0 Å². The summed E-state index contributed by atoms with van der Waals surface area (Å²) in [5.41, 5.74) is 0. The Morgan fingerprint density at radius 1 is 1.00 bits per heavy atom. The van der Waals surface area contributed by atoms with Crippen LogP contribution in [-0.2, 0) is 0 Å². The molecular weight excluding hydrogens is 381 g/mol. The summed E-state index contributed by atoms with van der Waals surface area (Å²) in [6.45, 7) is 0. The van der Waals surface area contributed by atoms with E-state index in [0.29, 0.717) is 0 Å². The SMILES string of the molecule is Oc1ccc(S)cc1.[Cl][Sn]([Cl])([Cl])[Cl]. The van der Waals surface area contributed by atoms with E-state index in [1.165, 1.54) is 0 Å². The van der Waals surface area contributed by atoms with Gasteiger partial charge in [0.1, 0.15) is 5.75 Å². The van der Waals surface area contributed by atoms with Crippen molar-refractivity contribution in [3.05, 3.63) is 24.3 Å². The van der Waals surface area contributed by atoms with Crippen LogP contribution in [0.3, 0.4) is 0 Å². The van der Waals surface area contributed by atoms with Crippen LogP contribution in [0.1, 0.15) is 0 Å². The Balaban J connectivity index is 0.000000252. The van der Waals surface area contributed by atoms with Crippen molar-refractivity contribution in [1.82, 2.24) is 0 Å². The van der Waals surface area contributed by atoms with Crippen LogP contribution in [-0.4, -0.2) is 19.0 Å². The molecule has 1 N–H and O–H groups in total. The van der Waals surface area contributed by atoms with Gasteiger partial charge >= 0.3 is 49.6 Å². The summed E-state index contributed by atoms with van der Waals surface area (Å²) in [4.78, 5) is 0.864. The fourth-order valence-corrected chi connectivity index (χ4v) is 0.602. The third kappa shape index (κ3) is 13.3. The number of aromatic hydroxyl groups is 1. The number of halogens is 4. The van der Waals surface area contributed by atoms with Gasteiger partial charge in [-0.1, -0.05) is 0 Å². The first-order valence-electron chi connectivity index (χ1n) is 3.02. The van der Waals surface area contributed by atoms with Gasteiger partial charge in [0.15, 0.2) is 0 Å². The minimum absolute atomic E-state index is 0.280. The summed E-state index contributed by atoms with van der Waals surface area (Å²) >= 11 is 0.729. The van der Waals surface area contributed by atoms with E-state index in [9.17, 15) is 0 Å². The minimum atomic E-state index is -3.29. The third-order valence-electron chi connectivity index (χ3n) is 0.850. The molecule has 0 saturated heterocycles. The van der Waals surface area contributed by atoms with Crippen LogP contribution in [0.5, 0.6) is 5.75 Å². The number of benzene rings is 1. The molecule has 0 fully saturated rings. The molecule has 74 valence electrons. The van der Waals surface area contributed by atoms with Gasteiger partial charge in [-0.15, -0.1) is 12.6 Å². The van der Waals surface area contributed by atoms with Gasteiger partial charge in [-0.3, -0.25) is 0 Å². The Labute approximate surface area is 101 Å². The molecular formula is C6H6Cl4OSSn. The molecule has 0 saturated carbocycles. The molecule has 0 spiro atoms. The Morgan fingerprint density at radius 3 is 1.54 bits per heavy atom. The second-order valence-electron chi connectivity index (χ2n) is 1.94. The molecule has 13 heavy (non-hydrogen) atoms. The van der Waals surface area contributed by atoms with Crippen molar-refractivity contribution in [1.29, 1.82) is 0 Å². The zero-order valence-electron chi connectivity index (χ0n) is 6.22. The zero-order chi connectivity index (χ0) is 10.5. The molecule has 0 aliphatic heterocycles. The zero-order valence-corrected chi connectivity index (χ0v) is 13.0. The van der Waals surface area contributed by atoms with Crippen LogP contribution in [0, 0.1) is 0 Å². The first-order valence-corrected chi connectivity index (χ1v) is 17.9. The van der Waals surface area contributed by atoms with Gasteiger partial charge in [0.2, 0.25) is 0 Å². The fourth-order valence-electron chi connectivity index (χ4n) is 0.453. The number of phenolic OH excluding ortho intramolecular Hbond substituents is 1. The van der Waals surface area contributed by atoms with Crippen molar-refractivity contribution < 1.29 is 5.11 Å². The van der Waals surface area contributed by atoms with E-state index in [1.807, 2.05) is 0 Å². The molecule has 1 aromatic carbocycles. The van der Waals surface area contributed by atoms with Crippen molar-refractivity contribution in [3.63, 3.8) is 0 Å². The average molecular weight is 387 g/mol. The number of hydrogen-bond donors (Lipinski definition) is 2. The number of hydrogen-bond acceptors (Lipinski definition) is 2. The van der Waals surface area contributed by atoms with Gasteiger partial charge in [-0.2, -0.15) is 0 Å². The molecule has 0 radical (unpaired) electrons. The maximum atomic E-state index is 8.72. The predicted octanol–water partition coefficient (Wildman–Crippen LogP) is 4.06. The Kier molecular flexibility index (Phi) is 7.44. The molecule has 0 amide bonds. The van der Waals surface area contributed by atoms with Crippen LogP contribution < -0.4 is 0 Å². The average Bonchev–Trinajstić information content (AvgIpc) is 1.92. The molecule has 0 atom stereocenters. The van der Waals surface area contributed by atoms with Gasteiger partial charge in [0, 0.05) is 4.90 Å². The van der Waals surface area contributed by atoms with Crippen LogP contribution in [0.15, 0.2) is 29.2 Å². The number of rotatable bonds is 0. The first kappa shape index (κ1) is 14.3. The maximum absolute atomic E-state index is 8.72. The first-order chi connectivity index (χ1) is 5.79. The molecule has 7 heteroatoms. The molecule has 1 rings (SSSR count). The van der Waals surface area contributed by atoms with Gasteiger partial charge < -0.3 is 5.11 Å². The van der Waals surface area contributed by atoms with E-state index in [-0.39, 0.29) is 5.75 Å². The second-order valence-corrected chi connectivity index (χ2v) is 27.9. The van der Waals surface area contributed by atoms with E-state index in [2.05, 4.69) is 12.6 Å². The van der Waals surface area contributed by atoms with Crippen molar-refractivity contribution >= 4 is 62.2 Å². The van der Waals surface area contributed by atoms with Crippen molar-refractivity contribution in [2.45, 2.75) is 4.90 Å². The monoisotopic (exact) mass is 386 g/mol. The molecule has 0 unspecified atom stereocenters. The van der Waals surface area contributed by atoms with Crippen LogP contribution in [0.4, 0.5) is 0 Å². The summed E-state index contributed by atoms with van der Waals surface area (Å²) in [6.07, 6.45) is 0. The molecule has 0 aliphatic rings. The summed E-state index contributed by atoms with van der Waals surface area (Å²) in [7, 11) is 20.1. The van der Waals surface area contributed by atoms with E-state index >= 15 is 0 Å². The predicted molar refractivity (Wildman–Crippen MR) is 64.5 cm³/mol. The Bertz CT molecular complexity index is 221. The van der Waals surface area contributed by atoms with Crippen LogP contribution >= 0.6 is 48.3 Å². The Morgan fingerprint density at radius 2 is 1.31 bits per heavy atom. The number of phenols is 1. The molecule has 0 aromatic heterocycles. The standard InChI is InChI=1S/C6H6OS.4ClH.Sn/c7-5-1-3-6(8)4-2-5;;;;;/h1-4,7-8H;4*1H;/q;;;;;+4/p-4. The summed E-state index contributed by atoms with van der Waals surface area (Å²) in [5.74, 6) is 0.280. The quantitative estimate of drug-likeness (QED) is 0.509. The van der Waals surface area contributed by atoms with Crippen molar-refractivity contribution in [3.8, 4) is 5.75 Å². The van der Waals surface area contributed by atoms with E-state index in [1.54, 1.807) is 24.3 Å². The molecule has 0 aliphatic carbocycles. The second kappa shape index (κ2) is 6.75. The van der Waals surface area contributed by atoms with Crippen LogP contribution in [0.2, 0.25) is 0 Å². The summed E-state index contributed by atoms with van der Waals surface area (Å²) in [6, 6.07) is 6.67. The summed E-state index contributed by atoms with van der Waals surface area (Å²) in [5, 5.41) is 8.72. The molecule has 1 nitrogen and oxygen atoms in total. The van der Waals surface area contributed by atoms with Crippen molar-refractivity contribution in [2.24, 2.45) is 0 Å². The summed E-state index contributed by atoms with van der Waals surface area (Å²) < 4.78 is 0. The Hall–Kier alpha value is 1.33. The third-order valence-corrected chi connectivity index (χ3v) is 1.15. The van der Waals surface area contributed by atoms with E-state index in [4.69, 9.17) is 40.8 Å². The molecule has 0 bridgehead atoms. The van der Waals surface area contributed by atoms with Crippen molar-refractivity contribution in [2.75, 3.05) is 0 Å². The van der Waals surface area contributed by atoms with Gasteiger partial charge in [-0.05, 0) is 24.3 Å². The molecule has 0 heterocycles. The van der Waals surface area contributed by atoms with E-state index in [0.717, 1.165) is 4.90 Å².